The van der Waals surface area contributed by atoms with Crippen molar-refractivity contribution in [2.75, 3.05) is 25.5 Å². The lowest BCUT2D eigenvalue weighted by Gasteiger charge is -2.26. The van der Waals surface area contributed by atoms with E-state index in [1.807, 2.05) is 6.07 Å². The van der Waals surface area contributed by atoms with Gasteiger partial charge in [0.25, 0.3) is 0 Å². The van der Waals surface area contributed by atoms with Crippen molar-refractivity contribution >= 4 is 21.6 Å². The zero-order chi connectivity index (χ0) is 12.3. The maximum absolute atomic E-state index is 5.44. The van der Waals surface area contributed by atoms with Crippen LogP contribution in [0, 0.1) is 6.92 Å². The number of rotatable bonds is 3. The highest BCUT2D eigenvalue weighted by atomic mass is 79.9. The summed E-state index contributed by atoms with van der Waals surface area (Å²) >= 11 is 3.50. The van der Waals surface area contributed by atoms with Gasteiger partial charge in [-0.05, 0) is 50.6 Å². The molecule has 94 valence electrons. The Balaban J connectivity index is 2.18. The molecule has 17 heavy (non-hydrogen) atoms. The van der Waals surface area contributed by atoms with E-state index in [-0.39, 0.29) is 0 Å². The molecule has 1 fully saturated rings. The summed E-state index contributed by atoms with van der Waals surface area (Å²) in [5.74, 6) is 0.912. The van der Waals surface area contributed by atoms with Gasteiger partial charge in [0, 0.05) is 10.5 Å². The normalized spacial score (nSPS) is 16.9. The van der Waals surface area contributed by atoms with E-state index >= 15 is 0 Å². The number of methoxy groups -OCH3 is 1. The minimum atomic E-state index is 0.546. The van der Waals surface area contributed by atoms with Crippen LogP contribution in [-0.4, -0.2) is 26.2 Å². The molecule has 1 aromatic rings. The van der Waals surface area contributed by atoms with Gasteiger partial charge in [0.1, 0.15) is 5.75 Å². The lowest BCUT2D eigenvalue weighted by Crippen LogP contribution is -2.35. The van der Waals surface area contributed by atoms with Crippen LogP contribution in [0.4, 0.5) is 5.69 Å². The minimum Gasteiger partial charge on any atom is -0.495 e. The molecule has 1 aliphatic rings. The molecule has 1 heterocycles. The Bertz CT molecular complexity index is 389. The average Bonchev–Trinajstić information content (AvgIpc) is 2.33. The minimum absolute atomic E-state index is 0.546. The second kappa shape index (κ2) is 5.74. The molecule has 3 nitrogen and oxygen atoms in total. The molecule has 0 amide bonds. The van der Waals surface area contributed by atoms with E-state index in [0.29, 0.717) is 6.04 Å². The van der Waals surface area contributed by atoms with Crippen LogP contribution in [0.3, 0.4) is 0 Å². The molecular formula is C13H19BrN2O. The van der Waals surface area contributed by atoms with Crippen LogP contribution in [0.25, 0.3) is 0 Å². The number of halogens is 1. The summed E-state index contributed by atoms with van der Waals surface area (Å²) in [7, 11) is 1.72. The molecule has 0 aromatic heterocycles. The molecule has 0 aliphatic carbocycles. The fourth-order valence-corrected chi connectivity index (χ4v) is 2.78. The van der Waals surface area contributed by atoms with Gasteiger partial charge in [-0.1, -0.05) is 15.9 Å². The Labute approximate surface area is 111 Å². The molecule has 1 aromatic carbocycles. The van der Waals surface area contributed by atoms with Gasteiger partial charge in [-0.25, -0.2) is 0 Å². The van der Waals surface area contributed by atoms with E-state index in [0.717, 1.165) is 29.0 Å². The van der Waals surface area contributed by atoms with Gasteiger partial charge in [-0.15, -0.1) is 0 Å². The lowest BCUT2D eigenvalue weighted by molar-refractivity contribution is 0.413. The van der Waals surface area contributed by atoms with Crippen molar-refractivity contribution in [3.05, 3.63) is 22.2 Å². The Kier molecular flexibility index (Phi) is 4.29. The van der Waals surface area contributed by atoms with Gasteiger partial charge < -0.3 is 15.4 Å². The molecule has 0 saturated carbocycles. The predicted octanol–water partition coefficient (Wildman–Crippen LogP) is 2.93. The number of benzene rings is 1. The molecule has 2 N–H and O–H groups in total. The van der Waals surface area contributed by atoms with Crippen molar-refractivity contribution < 1.29 is 4.74 Å². The maximum Gasteiger partial charge on any atom is 0.143 e. The summed E-state index contributed by atoms with van der Waals surface area (Å²) in [5.41, 5.74) is 2.34. The van der Waals surface area contributed by atoms with Gasteiger partial charge in [0.2, 0.25) is 0 Å². The molecule has 0 unspecified atom stereocenters. The number of aryl methyl sites for hydroxylation is 1. The third-order valence-electron chi connectivity index (χ3n) is 3.17. The van der Waals surface area contributed by atoms with Gasteiger partial charge in [0.05, 0.1) is 12.8 Å². The Morgan fingerprint density at radius 1 is 1.35 bits per heavy atom. The number of hydrogen-bond donors (Lipinski definition) is 2. The molecule has 0 atom stereocenters. The second-order valence-electron chi connectivity index (χ2n) is 4.47. The molecule has 0 radical (unpaired) electrons. The first-order valence-corrected chi connectivity index (χ1v) is 6.81. The molecule has 0 spiro atoms. The highest BCUT2D eigenvalue weighted by molar-refractivity contribution is 9.10. The molecule has 4 heteroatoms. The van der Waals surface area contributed by atoms with Crippen molar-refractivity contribution in [2.45, 2.75) is 25.8 Å². The zero-order valence-corrected chi connectivity index (χ0v) is 11.9. The number of ether oxygens (including phenoxy) is 1. The summed E-state index contributed by atoms with van der Waals surface area (Å²) in [5, 5.41) is 6.98. The molecule has 2 rings (SSSR count). The van der Waals surface area contributed by atoms with E-state index in [1.54, 1.807) is 7.11 Å². The number of anilines is 1. The summed E-state index contributed by atoms with van der Waals surface area (Å²) in [6, 6.07) is 4.67. The van der Waals surface area contributed by atoms with Crippen LogP contribution in [0.5, 0.6) is 5.75 Å². The maximum atomic E-state index is 5.44. The third kappa shape index (κ3) is 3.13. The summed E-state index contributed by atoms with van der Waals surface area (Å²) in [4.78, 5) is 0. The van der Waals surface area contributed by atoms with E-state index in [2.05, 4.69) is 39.6 Å². The van der Waals surface area contributed by atoms with Crippen LogP contribution in [0.2, 0.25) is 0 Å². The Morgan fingerprint density at radius 2 is 2.06 bits per heavy atom. The largest absolute Gasteiger partial charge is 0.495 e. The van der Waals surface area contributed by atoms with Gasteiger partial charge >= 0.3 is 0 Å². The molecular weight excluding hydrogens is 280 g/mol. The van der Waals surface area contributed by atoms with Crippen LogP contribution >= 0.6 is 15.9 Å². The van der Waals surface area contributed by atoms with Gasteiger partial charge in [-0.2, -0.15) is 0 Å². The molecule has 0 bridgehead atoms. The molecule has 1 aliphatic heterocycles. The van der Waals surface area contributed by atoms with Crippen molar-refractivity contribution in [1.29, 1.82) is 0 Å². The Morgan fingerprint density at radius 3 is 2.71 bits per heavy atom. The zero-order valence-electron chi connectivity index (χ0n) is 10.3. The third-order valence-corrected chi connectivity index (χ3v) is 3.63. The van der Waals surface area contributed by atoms with Crippen molar-refractivity contribution in [3.8, 4) is 5.75 Å². The van der Waals surface area contributed by atoms with Crippen molar-refractivity contribution in [3.63, 3.8) is 0 Å². The monoisotopic (exact) mass is 298 g/mol. The quantitative estimate of drug-likeness (QED) is 0.900. The highest BCUT2D eigenvalue weighted by Crippen LogP contribution is 2.33. The number of nitrogens with one attached hydrogen (secondary N) is 2. The number of piperidine rings is 1. The smallest absolute Gasteiger partial charge is 0.143 e. The molecule has 1 saturated heterocycles. The van der Waals surface area contributed by atoms with E-state index in [1.165, 1.54) is 18.4 Å². The topological polar surface area (TPSA) is 33.3 Å². The predicted molar refractivity (Wildman–Crippen MR) is 74.9 cm³/mol. The summed E-state index contributed by atoms with van der Waals surface area (Å²) < 4.78 is 6.50. The van der Waals surface area contributed by atoms with Crippen LogP contribution < -0.4 is 15.4 Å². The van der Waals surface area contributed by atoms with E-state index < -0.39 is 0 Å². The highest BCUT2D eigenvalue weighted by Gasteiger charge is 2.16. The van der Waals surface area contributed by atoms with Crippen molar-refractivity contribution in [2.24, 2.45) is 0 Å². The SMILES string of the molecule is COc1cc(Br)cc(C)c1NC1CCNCC1. The van der Waals surface area contributed by atoms with E-state index in [9.17, 15) is 0 Å². The van der Waals surface area contributed by atoms with E-state index in [4.69, 9.17) is 4.74 Å². The fraction of sp³-hybridized carbons (Fsp3) is 0.538. The van der Waals surface area contributed by atoms with Gasteiger partial charge in [0.15, 0.2) is 0 Å². The van der Waals surface area contributed by atoms with Crippen LogP contribution in [-0.2, 0) is 0 Å². The van der Waals surface area contributed by atoms with Crippen molar-refractivity contribution in [1.82, 2.24) is 5.32 Å². The van der Waals surface area contributed by atoms with Crippen LogP contribution in [0.1, 0.15) is 18.4 Å². The number of hydrogen-bond acceptors (Lipinski definition) is 3. The summed E-state index contributed by atoms with van der Waals surface area (Å²) in [6.07, 6.45) is 2.33. The first kappa shape index (κ1) is 12.7. The Hall–Kier alpha value is -0.740. The van der Waals surface area contributed by atoms with Gasteiger partial charge in [-0.3, -0.25) is 0 Å². The second-order valence-corrected chi connectivity index (χ2v) is 5.38. The average molecular weight is 299 g/mol. The lowest BCUT2D eigenvalue weighted by atomic mass is 10.1. The first-order chi connectivity index (χ1) is 8.20. The summed E-state index contributed by atoms with van der Waals surface area (Å²) in [6.45, 7) is 4.29. The first-order valence-electron chi connectivity index (χ1n) is 6.02. The standard InChI is InChI=1S/C13H19BrN2O/c1-9-7-10(14)8-12(17-2)13(9)16-11-3-5-15-6-4-11/h7-8,11,15-16H,3-6H2,1-2H3. The fourth-order valence-electron chi connectivity index (χ4n) is 2.23. The van der Waals surface area contributed by atoms with Crippen LogP contribution in [0.15, 0.2) is 16.6 Å².